The fraction of sp³-hybridized carbons (Fsp3) is 0.333. The highest BCUT2D eigenvalue weighted by molar-refractivity contribution is 7.89. The standard InChI is InChI=1S/C18H21N7O3S/c19-29(27,28)18-16(11-25(24-18)12-5-2-1-3-6-12)22-17(26)15-8-4-7-13(21-15)14-9-10-20-23-14/h4,7-12H,1-3,5-6H2,(H,20,23)(H,22,26)(H2,19,27,28). The van der Waals surface area contributed by atoms with Crippen molar-refractivity contribution < 1.29 is 13.2 Å². The number of carbonyl (C=O) groups is 1. The maximum absolute atomic E-state index is 12.7. The number of nitrogens with one attached hydrogen (secondary N) is 2. The number of nitrogens with zero attached hydrogens (tertiary/aromatic N) is 4. The first kappa shape index (κ1) is 19.3. The molecule has 0 radical (unpaired) electrons. The lowest BCUT2D eigenvalue weighted by Gasteiger charge is -2.21. The summed E-state index contributed by atoms with van der Waals surface area (Å²) in [5.74, 6) is -0.556. The van der Waals surface area contributed by atoms with Crippen LogP contribution < -0.4 is 10.5 Å². The third-order valence-corrected chi connectivity index (χ3v) is 5.76. The maximum Gasteiger partial charge on any atom is 0.274 e. The average molecular weight is 415 g/mol. The highest BCUT2D eigenvalue weighted by atomic mass is 32.2. The second-order valence-electron chi connectivity index (χ2n) is 7.00. The molecule has 1 aliphatic carbocycles. The van der Waals surface area contributed by atoms with Gasteiger partial charge in [0, 0.05) is 6.20 Å². The van der Waals surface area contributed by atoms with Gasteiger partial charge in [0.2, 0.25) is 5.03 Å². The van der Waals surface area contributed by atoms with E-state index in [4.69, 9.17) is 5.14 Å². The Hall–Kier alpha value is -3.05. The van der Waals surface area contributed by atoms with Crippen molar-refractivity contribution in [1.29, 1.82) is 0 Å². The fourth-order valence-corrected chi connectivity index (χ4v) is 4.12. The van der Waals surface area contributed by atoms with Crippen molar-refractivity contribution in [2.24, 2.45) is 5.14 Å². The highest BCUT2D eigenvalue weighted by Crippen LogP contribution is 2.30. The molecule has 0 spiro atoms. The van der Waals surface area contributed by atoms with Crippen molar-refractivity contribution in [2.45, 2.75) is 43.2 Å². The Bertz CT molecular complexity index is 1120. The van der Waals surface area contributed by atoms with Gasteiger partial charge in [0.15, 0.2) is 0 Å². The molecule has 3 heterocycles. The number of sulfonamides is 1. The van der Waals surface area contributed by atoms with Crippen molar-refractivity contribution in [1.82, 2.24) is 25.0 Å². The molecular formula is C18H21N7O3S. The van der Waals surface area contributed by atoms with Gasteiger partial charge in [-0.05, 0) is 31.0 Å². The van der Waals surface area contributed by atoms with E-state index in [9.17, 15) is 13.2 Å². The van der Waals surface area contributed by atoms with Gasteiger partial charge in [0.25, 0.3) is 15.9 Å². The Morgan fingerprint density at radius 1 is 1.21 bits per heavy atom. The summed E-state index contributed by atoms with van der Waals surface area (Å²) in [7, 11) is -4.10. The molecule has 11 heteroatoms. The van der Waals surface area contributed by atoms with Crippen LogP contribution in [0.2, 0.25) is 0 Å². The van der Waals surface area contributed by atoms with Gasteiger partial charge in [0.05, 0.1) is 23.6 Å². The zero-order valence-electron chi connectivity index (χ0n) is 15.6. The van der Waals surface area contributed by atoms with Crippen LogP contribution in [0.25, 0.3) is 11.4 Å². The summed E-state index contributed by atoms with van der Waals surface area (Å²) in [6, 6.07) is 6.79. The van der Waals surface area contributed by atoms with Gasteiger partial charge in [-0.15, -0.1) is 0 Å². The number of primary sulfonamides is 1. The molecule has 0 atom stereocenters. The maximum atomic E-state index is 12.7. The second-order valence-corrected chi connectivity index (χ2v) is 8.47. The van der Waals surface area contributed by atoms with Crippen LogP contribution in [-0.4, -0.2) is 39.3 Å². The predicted octanol–water partition coefficient (Wildman–Crippen LogP) is 2.07. The third-order valence-electron chi connectivity index (χ3n) is 4.92. The molecule has 0 saturated heterocycles. The molecule has 1 amide bonds. The van der Waals surface area contributed by atoms with Crippen molar-refractivity contribution in [3.8, 4) is 11.4 Å². The van der Waals surface area contributed by atoms with E-state index in [1.165, 1.54) is 12.3 Å². The Balaban J connectivity index is 1.62. The van der Waals surface area contributed by atoms with Gasteiger partial charge in [-0.1, -0.05) is 25.3 Å². The number of aromatic nitrogens is 5. The number of aromatic amines is 1. The molecular weight excluding hydrogens is 394 g/mol. The van der Waals surface area contributed by atoms with E-state index in [0.29, 0.717) is 11.4 Å². The zero-order chi connectivity index (χ0) is 20.4. The molecule has 29 heavy (non-hydrogen) atoms. The minimum absolute atomic E-state index is 0.0526. The van der Waals surface area contributed by atoms with Crippen molar-refractivity contribution in [3.05, 3.63) is 42.4 Å². The predicted molar refractivity (Wildman–Crippen MR) is 105 cm³/mol. The number of hydrogen-bond donors (Lipinski definition) is 3. The molecule has 4 rings (SSSR count). The first-order valence-corrected chi connectivity index (χ1v) is 10.9. The van der Waals surface area contributed by atoms with Crippen LogP contribution in [0.15, 0.2) is 41.7 Å². The first-order chi connectivity index (χ1) is 13.9. The van der Waals surface area contributed by atoms with Gasteiger partial charge in [-0.3, -0.25) is 14.6 Å². The Morgan fingerprint density at radius 2 is 2.00 bits per heavy atom. The van der Waals surface area contributed by atoms with Crippen molar-refractivity contribution in [2.75, 3.05) is 5.32 Å². The molecule has 0 aliphatic heterocycles. The quantitative estimate of drug-likeness (QED) is 0.581. The minimum Gasteiger partial charge on any atom is -0.317 e. The summed E-state index contributed by atoms with van der Waals surface area (Å²) < 4.78 is 25.6. The largest absolute Gasteiger partial charge is 0.317 e. The number of pyridine rings is 1. The minimum atomic E-state index is -4.10. The number of H-pyrrole nitrogens is 1. The van der Waals surface area contributed by atoms with Crippen molar-refractivity contribution >= 4 is 21.6 Å². The normalized spacial score (nSPS) is 15.3. The molecule has 152 valence electrons. The lowest BCUT2D eigenvalue weighted by Crippen LogP contribution is -2.19. The average Bonchev–Trinajstić information content (AvgIpc) is 3.39. The Morgan fingerprint density at radius 3 is 2.69 bits per heavy atom. The van der Waals surface area contributed by atoms with Gasteiger partial charge in [-0.25, -0.2) is 18.5 Å². The molecule has 1 aliphatic rings. The molecule has 3 aromatic heterocycles. The summed E-state index contributed by atoms with van der Waals surface area (Å²) in [4.78, 5) is 17.0. The Kier molecular flexibility index (Phi) is 5.16. The number of hydrogen-bond acceptors (Lipinski definition) is 6. The van der Waals surface area contributed by atoms with E-state index in [-0.39, 0.29) is 22.4 Å². The van der Waals surface area contributed by atoms with Crippen LogP contribution in [0.1, 0.15) is 48.6 Å². The molecule has 0 unspecified atom stereocenters. The van der Waals surface area contributed by atoms with E-state index in [2.05, 4.69) is 25.6 Å². The van der Waals surface area contributed by atoms with E-state index >= 15 is 0 Å². The number of anilines is 1. The summed E-state index contributed by atoms with van der Waals surface area (Å²) in [6.45, 7) is 0. The summed E-state index contributed by atoms with van der Waals surface area (Å²) >= 11 is 0. The summed E-state index contributed by atoms with van der Waals surface area (Å²) in [5.41, 5.74) is 1.38. The van der Waals surface area contributed by atoms with Crippen LogP contribution in [0.4, 0.5) is 5.69 Å². The molecule has 3 aromatic rings. The molecule has 4 N–H and O–H groups in total. The molecule has 1 saturated carbocycles. The van der Waals surface area contributed by atoms with Gasteiger partial charge in [-0.2, -0.15) is 10.2 Å². The van der Waals surface area contributed by atoms with E-state index in [0.717, 1.165) is 32.1 Å². The van der Waals surface area contributed by atoms with Gasteiger partial charge in [0.1, 0.15) is 11.4 Å². The van der Waals surface area contributed by atoms with E-state index in [1.54, 1.807) is 29.1 Å². The number of rotatable bonds is 5. The third kappa shape index (κ3) is 4.20. The second kappa shape index (κ2) is 7.76. The first-order valence-electron chi connectivity index (χ1n) is 9.32. The smallest absolute Gasteiger partial charge is 0.274 e. The molecule has 0 aromatic carbocycles. The highest BCUT2D eigenvalue weighted by Gasteiger charge is 2.25. The lowest BCUT2D eigenvalue weighted by atomic mass is 9.96. The van der Waals surface area contributed by atoms with Gasteiger partial charge >= 0.3 is 0 Å². The van der Waals surface area contributed by atoms with Crippen LogP contribution in [-0.2, 0) is 10.0 Å². The lowest BCUT2D eigenvalue weighted by molar-refractivity contribution is 0.102. The summed E-state index contributed by atoms with van der Waals surface area (Å²) in [5, 5.41) is 18.4. The molecule has 10 nitrogen and oxygen atoms in total. The topological polar surface area (TPSA) is 149 Å². The van der Waals surface area contributed by atoms with Crippen LogP contribution in [0.3, 0.4) is 0 Å². The van der Waals surface area contributed by atoms with Gasteiger partial charge < -0.3 is 5.32 Å². The summed E-state index contributed by atoms with van der Waals surface area (Å²) in [6.07, 6.45) is 8.21. The van der Waals surface area contributed by atoms with Crippen LogP contribution in [0.5, 0.6) is 0 Å². The number of amides is 1. The van der Waals surface area contributed by atoms with Crippen LogP contribution in [0, 0.1) is 0 Å². The van der Waals surface area contributed by atoms with E-state index in [1.807, 2.05) is 0 Å². The molecule has 1 fully saturated rings. The Labute approximate surface area is 167 Å². The number of carbonyl (C=O) groups excluding carboxylic acids is 1. The fourth-order valence-electron chi connectivity index (χ4n) is 3.50. The van der Waals surface area contributed by atoms with E-state index < -0.39 is 15.9 Å². The zero-order valence-corrected chi connectivity index (χ0v) is 16.4. The SMILES string of the molecule is NS(=O)(=O)c1nn(C2CCCCC2)cc1NC(=O)c1cccc(-c2ccn[nH]2)n1. The molecule has 0 bridgehead atoms. The van der Waals surface area contributed by atoms with Crippen LogP contribution >= 0.6 is 0 Å². The number of nitrogens with two attached hydrogens (primary N) is 1. The van der Waals surface area contributed by atoms with Crippen molar-refractivity contribution in [3.63, 3.8) is 0 Å². The monoisotopic (exact) mass is 415 g/mol.